The lowest BCUT2D eigenvalue weighted by atomic mass is 10.1. The molecule has 2 aromatic heterocycles. The Kier molecular flexibility index (Phi) is 8.17. The molecule has 0 saturated carbocycles. The summed E-state index contributed by atoms with van der Waals surface area (Å²) in [5.41, 5.74) is 5.39. The maximum Gasteiger partial charge on any atom is 0.257 e. The van der Waals surface area contributed by atoms with Gasteiger partial charge in [0.15, 0.2) is 5.75 Å². The average molecular weight is 546 g/mol. The molecule has 0 bridgehead atoms. The first-order valence-electron chi connectivity index (χ1n) is 13.8. The van der Waals surface area contributed by atoms with Crippen molar-refractivity contribution in [2.24, 2.45) is 0 Å². The van der Waals surface area contributed by atoms with Crippen LogP contribution in [0, 0.1) is 11.8 Å². The first kappa shape index (κ1) is 26.5. The van der Waals surface area contributed by atoms with E-state index in [4.69, 9.17) is 9.47 Å². The lowest BCUT2D eigenvalue weighted by Crippen LogP contribution is -2.45. The van der Waals surface area contributed by atoms with Crippen molar-refractivity contribution in [2.45, 2.75) is 13.1 Å². The summed E-state index contributed by atoms with van der Waals surface area (Å²) < 4.78 is 11.0. The van der Waals surface area contributed by atoms with Crippen molar-refractivity contribution >= 4 is 11.6 Å². The Balaban J connectivity index is 0.979. The van der Waals surface area contributed by atoms with Crippen LogP contribution >= 0.6 is 0 Å². The number of aromatic nitrogens is 2. The van der Waals surface area contributed by atoms with Gasteiger partial charge in [0, 0.05) is 86.3 Å². The quantitative estimate of drug-likeness (QED) is 0.364. The van der Waals surface area contributed by atoms with E-state index < -0.39 is 0 Å². The Labute approximate surface area is 240 Å². The van der Waals surface area contributed by atoms with Gasteiger partial charge in [-0.25, -0.2) is 4.98 Å². The molecule has 2 aliphatic rings. The molecular formula is C33H31N5O3. The highest BCUT2D eigenvalue weighted by molar-refractivity contribution is 6.04. The lowest BCUT2D eigenvalue weighted by molar-refractivity contribution is 0.102. The summed E-state index contributed by atoms with van der Waals surface area (Å²) in [6, 6.07) is 21.3. The molecule has 1 N–H and O–H groups in total. The number of carbonyl (C=O) groups is 1. The van der Waals surface area contributed by atoms with Gasteiger partial charge in [0.25, 0.3) is 11.8 Å². The molecule has 0 radical (unpaired) electrons. The zero-order chi connectivity index (χ0) is 27.9. The summed E-state index contributed by atoms with van der Waals surface area (Å²) in [4.78, 5) is 26.2. The number of rotatable bonds is 6. The molecule has 1 saturated heterocycles. The van der Waals surface area contributed by atoms with Crippen molar-refractivity contribution in [2.75, 3.05) is 44.7 Å². The van der Waals surface area contributed by atoms with Gasteiger partial charge in [0.05, 0.1) is 0 Å². The molecule has 4 heterocycles. The minimum Gasteiger partial charge on any atom is -0.484 e. The summed E-state index contributed by atoms with van der Waals surface area (Å²) in [7, 11) is 0. The van der Waals surface area contributed by atoms with Crippen molar-refractivity contribution in [3.63, 3.8) is 0 Å². The summed E-state index contributed by atoms with van der Waals surface area (Å²) >= 11 is 0. The Morgan fingerprint density at radius 2 is 1.51 bits per heavy atom. The normalized spacial score (nSPS) is 15.0. The predicted octanol–water partition coefficient (Wildman–Crippen LogP) is 4.22. The van der Waals surface area contributed by atoms with Gasteiger partial charge < -0.3 is 14.8 Å². The van der Waals surface area contributed by atoms with Crippen LogP contribution in [-0.2, 0) is 13.1 Å². The lowest BCUT2D eigenvalue weighted by Gasteiger charge is -2.34. The van der Waals surface area contributed by atoms with E-state index in [9.17, 15) is 4.79 Å². The Morgan fingerprint density at radius 3 is 2.24 bits per heavy atom. The van der Waals surface area contributed by atoms with Gasteiger partial charge in [0.1, 0.15) is 13.2 Å². The molecule has 0 unspecified atom stereocenters. The number of carbonyl (C=O) groups excluding carboxylic acids is 1. The number of amides is 1. The monoisotopic (exact) mass is 545 g/mol. The van der Waals surface area contributed by atoms with Gasteiger partial charge in [-0.1, -0.05) is 30.0 Å². The van der Waals surface area contributed by atoms with Crippen molar-refractivity contribution in [3.8, 4) is 23.5 Å². The van der Waals surface area contributed by atoms with Gasteiger partial charge in [-0.05, 0) is 53.6 Å². The third-order valence-electron chi connectivity index (χ3n) is 7.11. The Hall–Kier alpha value is -4.71. The smallest absolute Gasteiger partial charge is 0.257 e. The zero-order valence-electron chi connectivity index (χ0n) is 22.8. The first-order valence-corrected chi connectivity index (χ1v) is 13.8. The molecule has 0 aliphatic carbocycles. The number of hydrogen-bond donors (Lipinski definition) is 1. The van der Waals surface area contributed by atoms with Gasteiger partial charge in [-0.15, -0.1) is 0 Å². The number of ether oxygens (including phenoxy) is 2. The van der Waals surface area contributed by atoms with Crippen molar-refractivity contribution in [1.29, 1.82) is 0 Å². The van der Waals surface area contributed by atoms with E-state index in [1.165, 1.54) is 11.1 Å². The SMILES string of the molecule is O=C(Nc1ccc(C#Cc2cnc3c(c2)OCCO3)cc1)c1ccc(CN2CCN(Cc3cccnc3)CC2)cc1. The second kappa shape index (κ2) is 12.6. The van der Waals surface area contributed by atoms with Gasteiger partial charge in [-0.3, -0.25) is 19.6 Å². The van der Waals surface area contributed by atoms with E-state index in [-0.39, 0.29) is 5.91 Å². The van der Waals surface area contributed by atoms with Crippen LogP contribution < -0.4 is 14.8 Å². The predicted molar refractivity (Wildman–Crippen MR) is 157 cm³/mol. The van der Waals surface area contributed by atoms with Crippen LogP contribution in [0.5, 0.6) is 11.6 Å². The number of anilines is 1. The van der Waals surface area contributed by atoms with E-state index >= 15 is 0 Å². The highest BCUT2D eigenvalue weighted by Crippen LogP contribution is 2.27. The fourth-order valence-electron chi connectivity index (χ4n) is 4.86. The Morgan fingerprint density at radius 1 is 0.805 bits per heavy atom. The average Bonchev–Trinajstić information content (AvgIpc) is 3.02. The van der Waals surface area contributed by atoms with E-state index in [1.807, 2.05) is 73.1 Å². The van der Waals surface area contributed by atoms with Gasteiger partial charge >= 0.3 is 0 Å². The van der Waals surface area contributed by atoms with Crippen LogP contribution in [0.1, 0.15) is 32.6 Å². The van der Waals surface area contributed by atoms with Gasteiger partial charge in [0.2, 0.25) is 0 Å². The van der Waals surface area contributed by atoms with Crippen molar-refractivity contribution in [1.82, 2.24) is 19.8 Å². The number of hydrogen-bond acceptors (Lipinski definition) is 7. The maximum absolute atomic E-state index is 12.8. The molecule has 0 atom stereocenters. The molecule has 206 valence electrons. The maximum atomic E-state index is 12.8. The van der Waals surface area contributed by atoms with Crippen LogP contribution in [0.3, 0.4) is 0 Å². The van der Waals surface area contributed by atoms with Crippen molar-refractivity contribution in [3.05, 3.63) is 113 Å². The van der Waals surface area contributed by atoms with Crippen LogP contribution in [0.4, 0.5) is 5.69 Å². The topological polar surface area (TPSA) is 79.8 Å². The standard InChI is InChI=1S/C33H31N5O3/c39-32(36-30-11-7-25(8-12-30)3-4-27-20-31-33(35-22-27)41-19-18-40-31)29-9-5-26(6-10-29)23-37-14-16-38(17-15-37)24-28-2-1-13-34-21-28/h1-2,5-13,20-22H,14-19,23-24H2,(H,36,39). The molecular weight excluding hydrogens is 514 g/mol. The number of pyridine rings is 2. The molecule has 8 heteroatoms. The number of fused-ring (bicyclic) bond motifs is 1. The van der Waals surface area contributed by atoms with Crippen LogP contribution in [-0.4, -0.2) is 65.1 Å². The summed E-state index contributed by atoms with van der Waals surface area (Å²) in [5.74, 6) is 7.21. The third-order valence-corrected chi connectivity index (χ3v) is 7.11. The molecule has 6 rings (SSSR count). The molecule has 2 aromatic carbocycles. The fourth-order valence-corrected chi connectivity index (χ4v) is 4.86. The van der Waals surface area contributed by atoms with Crippen LogP contribution in [0.25, 0.3) is 0 Å². The summed E-state index contributed by atoms with van der Waals surface area (Å²) in [6.07, 6.45) is 5.43. The third kappa shape index (κ3) is 7.09. The van der Waals surface area contributed by atoms with Gasteiger partial charge in [-0.2, -0.15) is 0 Å². The second-order valence-corrected chi connectivity index (χ2v) is 10.1. The molecule has 1 amide bonds. The molecule has 41 heavy (non-hydrogen) atoms. The van der Waals surface area contributed by atoms with E-state index in [0.29, 0.717) is 30.4 Å². The molecule has 4 aromatic rings. The Bertz CT molecular complexity index is 1540. The summed E-state index contributed by atoms with van der Waals surface area (Å²) in [6.45, 7) is 6.96. The second-order valence-electron chi connectivity index (χ2n) is 10.1. The number of nitrogens with one attached hydrogen (secondary N) is 1. The van der Waals surface area contributed by atoms with E-state index in [1.54, 1.807) is 6.20 Å². The fraction of sp³-hybridized carbons (Fsp3) is 0.242. The van der Waals surface area contributed by atoms with Crippen LogP contribution in [0.15, 0.2) is 85.3 Å². The van der Waals surface area contributed by atoms with E-state index in [2.05, 4.69) is 43.0 Å². The van der Waals surface area contributed by atoms with Crippen molar-refractivity contribution < 1.29 is 14.3 Å². The number of piperazine rings is 1. The van der Waals surface area contributed by atoms with E-state index in [0.717, 1.165) is 56.1 Å². The molecule has 0 spiro atoms. The summed E-state index contributed by atoms with van der Waals surface area (Å²) in [5, 5.41) is 2.97. The first-order chi connectivity index (χ1) is 20.2. The molecule has 1 fully saturated rings. The number of nitrogens with zero attached hydrogens (tertiary/aromatic N) is 4. The molecule has 8 nitrogen and oxygen atoms in total. The highest BCUT2D eigenvalue weighted by atomic mass is 16.6. The zero-order valence-corrected chi connectivity index (χ0v) is 22.8. The minimum absolute atomic E-state index is 0.137. The minimum atomic E-state index is -0.137. The van der Waals surface area contributed by atoms with Crippen LogP contribution in [0.2, 0.25) is 0 Å². The largest absolute Gasteiger partial charge is 0.484 e. The molecule has 2 aliphatic heterocycles. The number of benzene rings is 2. The highest BCUT2D eigenvalue weighted by Gasteiger charge is 2.17.